The van der Waals surface area contributed by atoms with Crippen LogP contribution in [0.1, 0.15) is 42.9 Å². The molecule has 4 rings (SSSR count). The monoisotopic (exact) mass is 509 g/mol. The summed E-state index contributed by atoms with van der Waals surface area (Å²) in [6, 6.07) is 12.9. The van der Waals surface area contributed by atoms with Gasteiger partial charge in [0, 0.05) is 29.3 Å². The predicted octanol–water partition coefficient (Wildman–Crippen LogP) is 1.52. The summed E-state index contributed by atoms with van der Waals surface area (Å²) < 4.78 is 23.6. The van der Waals surface area contributed by atoms with Crippen LogP contribution in [0, 0.1) is 11.8 Å². The van der Waals surface area contributed by atoms with Crippen LogP contribution in [0.15, 0.2) is 53.6 Å². The lowest BCUT2D eigenvalue weighted by Gasteiger charge is -2.25. The average molecular weight is 510 g/mol. The van der Waals surface area contributed by atoms with Gasteiger partial charge < -0.3 is 5.11 Å². The van der Waals surface area contributed by atoms with Crippen molar-refractivity contribution in [3.63, 3.8) is 0 Å². The van der Waals surface area contributed by atoms with Crippen LogP contribution in [0.4, 0.5) is 0 Å². The standard InChI is InChI=1S/C26H27N3O6S/c1-25(24(32)28-33,36(2,34)35)13-14-29-17-27-22-15-19(7-10-21(22)23(29)31)4-3-18-5-8-20(9-6-18)26(16-30)11-12-26/h5-10,15,17,30,33H,11-14,16H2,1-2H3,(H,28,32)/t25-/m1/s1. The van der Waals surface area contributed by atoms with Crippen molar-refractivity contribution in [1.29, 1.82) is 0 Å². The number of benzene rings is 2. The number of carbonyl (C=O) groups excluding carboxylic acids is 1. The van der Waals surface area contributed by atoms with E-state index >= 15 is 0 Å². The smallest absolute Gasteiger partial charge is 0.264 e. The largest absolute Gasteiger partial charge is 0.395 e. The Hall–Kier alpha value is -3.52. The lowest BCUT2D eigenvalue weighted by molar-refractivity contribution is -0.131. The fourth-order valence-electron chi connectivity index (χ4n) is 4.06. The molecule has 188 valence electrons. The van der Waals surface area contributed by atoms with Crippen LogP contribution >= 0.6 is 0 Å². The maximum Gasteiger partial charge on any atom is 0.264 e. The first-order chi connectivity index (χ1) is 17.0. The fourth-order valence-corrected chi connectivity index (χ4v) is 4.90. The second kappa shape index (κ2) is 9.50. The molecule has 1 fully saturated rings. The van der Waals surface area contributed by atoms with Gasteiger partial charge in [-0.3, -0.25) is 19.4 Å². The summed E-state index contributed by atoms with van der Waals surface area (Å²) in [5, 5.41) is 18.9. The first-order valence-electron chi connectivity index (χ1n) is 11.4. The number of fused-ring (bicyclic) bond motifs is 1. The fraction of sp³-hybridized carbons (Fsp3) is 0.346. The summed E-state index contributed by atoms with van der Waals surface area (Å²) >= 11 is 0. The molecule has 1 amide bonds. The lowest BCUT2D eigenvalue weighted by atomic mass is 9.96. The number of hydrogen-bond donors (Lipinski definition) is 3. The van der Waals surface area contributed by atoms with E-state index in [0.717, 1.165) is 30.2 Å². The number of hydroxylamine groups is 1. The van der Waals surface area contributed by atoms with Gasteiger partial charge in [-0.05, 0) is 62.1 Å². The van der Waals surface area contributed by atoms with Gasteiger partial charge in [0.15, 0.2) is 14.6 Å². The molecular weight excluding hydrogens is 482 g/mol. The average Bonchev–Trinajstić information content (AvgIpc) is 3.67. The Morgan fingerprint density at radius 2 is 1.81 bits per heavy atom. The molecule has 3 N–H and O–H groups in total. The Bertz CT molecular complexity index is 1550. The lowest BCUT2D eigenvalue weighted by Crippen LogP contribution is -2.50. The molecule has 0 saturated heterocycles. The Kier molecular flexibility index (Phi) is 6.75. The first-order valence-corrected chi connectivity index (χ1v) is 13.3. The molecule has 3 aromatic rings. The zero-order chi connectivity index (χ0) is 26.1. The molecule has 1 heterocycles. The van der Waals surface area contributed by atoms with Crippen molar-refractivity contribution in [3.05, 3.63) is 75.8 Å². The zero-order valence-corrected chi connectivity index (χ0v) is 20.8. The Labute approximate surface area is 208 Å². The van der Waals surface area contributed by atoms with Gasteiger partial charge in [0.05, 0.1) is 23.8 Å². The van der Waals surface area contributed by atoms with Gasteiger partial charge in [0.1, 0.15) is 0 Å². The molecule has 0 radical (unpaired) electrons. The summed E-state index contributed by atoms with van der Waals surface area (Å²) in [5.74, 6) is 5.10. The molecule has 10 heteroatoms. The highest BCUT2D eigenvalue weighted by molar-refractivity contribution is 7.92. The second-order valence-electron chi connectivity index (χ2n) is 9.43. The van der Waals surface area contributed by atoms with E-state index in [0.29, 0.717) is 16.5 Å². The molecule has 0 spiro atoms. The van der Waals surface area contributed by atoms with Gasteiger partial charge >= 0.3 is 0 Å². The van der Waals surface area contributed by atoms with Crippen molar-refractivity contribution in [2.24, 2.45) is 0 Å². The van der Waals surface area contributed by atoms with Crippen LogP contribution < -0.4 is 11.0 Å². The molecule has 1 atom stereocenters. The highest BCUT2D eigenvalue weighted by atomic mass is 32.2. The van der Waals surface area contributed by atoms with Crippen molar-refractivity contribution in [2.45, 2.75) is 42.9 Å². The Morgan fingerprint density at radius 1 is 1.17 bits per heavy atom. The van der Waals surface area contributed by atoms with E-state index in [9.17, 15) is 23.1 Å². The third-order valence-corrected chi connectivity index (χ3v) is 9.09. The molecule has 1 aliphatic rings. The first kappa shape index (κ1) is 25.6. The minimum absolute atomic E-state index is 0.0858. The number of amides is 1. The van der Waals surface area contributed by atoms with E-state index in [-0.39, 0.29) is 30.5 Å². The van der Waals surface area contributed by atoms with Gasteiger partial charge in [0.25, 0.3) is 11.5 Å². The van der Waals surface area contributed by atoms with E-state index in [1.54, 1.807) is 18.2 Å². The van der Waals surface area contributed by atoms with Crippen molar-refractivity contribution >= 4 is 26.6 Å². The van der Waals surface area contributed by atoms with Crippen LogP contribution in [0.3, 0.4) is 0 Å². The summed E-state index contributed by atoms with van der Waals surface area (Å²) in [7, 11) is -3.88. The van der Waals surface area contributed by atoms with Gasteiger partial charge in [-0.1, -0.05) is 24.0 Å². The van der Waals surface area contributed by atoms with E-state index < -0.39 is 20.5 Å². The van der Waals surface area contributed by atoms with Crippen LogP contribution in [-0.2, 0) is 26.6 Å². The number of carbonyl (C=O) groups is 1. The van der Waals surface area contributed by atoms with Gasteiger partial charge in [0.2, 0.25) is 0 Å². The van der Waals surface area contributed by atoms with E-state index in [1.807, 2.05) is 24.3 Å². The SMILES string of the molecule is C[C@@](CCn1cnc2cc(C#Cc3ccc(C4(CO)CC4)cc3)ccc2c1=O)(C(=O)NO)S(C)(=O)=O. The number of aromatic nitrogens is 2. The third-order valence-electron chi connectivity index (χ3n) is 7.06. The Morgan fingerprint density at radius 3 is 2.39 bits per heavy atom. The zero-order valence-electron chi connectivity index (χ0n) is 20.0. The van der Waals surface area contributed by atoms with Gasteiger partial charge in [-0.15, -0.1) is 0 Å². The van der Waals surface area contributed by atoms with Crippen molar-refractivity contribution < 1.29 is 23.5 Å². The van der Waals surface area contributed by atoms with Crippen molar-refractivity contribution in [1.82, 2.24) is 15.0 Å². The van der Waals surface area contributed by atoms with Gasteiger partial charge in [-0.25, -0.2) is 18.9 Å². The van der Waals surface area contributed by atoms with Crippen LogP contribution in [0.25, 0.3) is 10.9 Å². The summed E-state index contributed by atoms with van der Waals surface area (Å²) in [6.07, 6.45) is 3.96. The Balaban J connectivity index is 1.54. The van der Waals surface area contributed by atoms with Crippen LogP contribution in [-0.4, -0.2) is 51.8 Å². The number of aryl methyl sites for hydroxylation is 1. The summed E-state index contributed by atoms with van der Waals surface area (Å²) in [6.45, 7) is 1.26. The molecular formula is C26H27N3O6S. The number of sulfone groups is 1. The molecule has 1 aromatic heterocycles. The highest BCUT2D eigenvalue weighted by Crippen LogP contribution is 2.47. The van der Waals surface area contributed by atoms with E-state index in [1.165, 1.54) is 23.3 Å². The number of rotatable bonds is 7. The topological polar surface area (TPSA) is 139 Å². The number of aliphatic hydroxyl groups is 1. The third kappa shape index (κ3) is 4.78. The quantitative estimate of drug-likeness (QED) is 0.249. The molecule has 0 bridgehead atoms. The minimum atomic E-state index is -3.88. The highest BCUT2D eigenvalue weighted by Gasteiger charge is 2.44. The molecule has 36 heavy (non-hydrogen) atoms. The molecule has 1 aliphatic carbocycles. The van der Waals surface area contributed by atoms with E-state index in [2.05, 4.69) is 16.8 Å². The number of hydrogen-bond acceptors (Lipinski definition) is 7. The molecule has 0 unspecified atom stereocenters. The molecule has 1 saturated carbocycles. The summed E-state index contributed by atoms with van der Waals surface area (Å²) in [4.78, 5) is 29.3. The normalized spacial score (nSPS) is 16.0. The number of nitrogens with one attached hydrogen (secondary N) is 1. The second-order valence-corrected chi connectivity index (χ2v) is 11.9. The van der Waals surface area contributed by atoms with Crippen LogP contribution in [0.5, 0.6) is 0 Å². The van der Waals surface area contributed by atoms with Crippen LogP contribution in [0.2, 0.25) is 0 Å². The maximum absolute atomic E-state index is 12.9. The van der Waals surface area contributed by atoms with Crippen molar-refractivity contribution in [2.75, 3.05) is 12.9 Å². The number of aliphatic hydroxyl groups excluding tert-OH is 1. The minimum Gasteiger partial charge on any atom is -0.395 e. The summed E-state index contributed by atoms with van der Waals surface area (Å²) in [5.41, 5.74) is 3.99. The number of nitrogens with zero attached hydrogens (tertiary/aromatic N) is 2. The predicted molar refractivity (Wildman–Crippen MR) is 134 cm³/mol. The van der Waals surface area contributed by atoms with Gasteiger partial charge in [-0.2, -0.15) is 0 Å². The molecule has 0 aliphatic heterocycles. The maximum atomic E-state index is 12.9. The van der Waals surface area contributed by atoms with Crippen molar-refractivity contribution in [3.8, 4) is 11.8 Å². The molecule has 9 nitrogen and oxygen atoms in total. The van der Waals surface area contributed by atoms with E-state index in [4.69, 9.17) is 5.21 Å². The molecule has 2 aromatic carbocycles.